The number of carboxylic acid groups (broad SMARTS) is 1. The molecule has 5 nitrogen and oxygen atoms in total. The molecule has 2 heterocycles. The fourth-order valence-corrected chi connectivity index (χ4v) is 3.43. The van der Waals surface area contributed by atoms with Crippen LogP contribution in [0, 0.1) is 5.92 Å². The fraction of sp³-hybridized carbons (Fsp3) is 0.867. The van der Waals surface area contributed by atoms with Gasteiger partial charge in [0, 0.05) is 19.6 Å². The number of carbonyl (C=O) groups excluding carboxylic acids is 1. The van der Waals surface area contributed by atoms with Crippen LogP contribution in [0.15, 0.2) is 0 Å². The summed E-state index contributed by atoms with van der Waals surface area (Å²) >= 11 is 0. The first-order valence-corrected chi connectivity index (χ1v) is 7.79. The zero-order valence-electron chi connectivity index (χ0n) is 12.6. The molecule has 0 aliphatic carbocycles. The topological polar surface area (TPSA) is 60.9 Å². The van der Waals surface area contributed by atoms with E-state index >= 15 is 0 Å². The first-order chi connectivity index (χ1) is 9.49. The first-order valence-electron chi connectivity index (χ1n) is 7.79. The number of nitrogens with zero attached hydrogens (tertiary/aromatic N) is 2. The number of urea groups is 1. The van der Waals surface area contributed by atoms with Gasteiger partial charge in [-0.25, -0.2) is 9.59 Å². The first kappa shape index (κ1) is 15.1. The van der Waals surface area contributed by atoms with E-state index in [9.17, 15) is 14.7 Å². The van der Waals surface area contributed by atoms with E-state index in [1.54, 1.807) is 11.8 Å². The predicted octanol–water partition coefficient (Wildman–Crippen LogP) is 2.56. The van der Waals surface area contributed by atoms with Crippen LogP contribution in [0.4, 0.5) is 4.79 Å². The SMILES string of the molecule is CCC1CCCN(C(=O)N2CCCC2(C)C(=O)O)CC1. The zero-order valence-corrected chi connectivity index (χ0v) is 12.6. The average molecular weight is 282 g/mol. The Morgan fingerprint density at radius 3 is 2.60 bits per heavy atom. The third-order valence-corrected chi connectivity index (χ3v) is 5.03. The van der Waals surface area contributed by atoms with Crippen LogP contribution in [0.3, 0.4) is 0 Å². The quantitative estimate of drug-likeness (QED) is 0.846. The minimum absolute atomic E-state index is 0.0795. The molecule has 2 atom stereocenters. The number of carboxylic acids is 1. The Morgan fingerprint density at radius 1 is 1.20 bits per heavy atom. The molecule has 0 saturated carbocycles. The number of carbonyl (C=O) groups is 2. The van der Waals surface area contributed by atoms with E-state index in [4.69, 9.17) is 0 Å². The summed E-state index contributed by atoms with van der Waals surface area (Å²) in [6, 6.07) is -0.0795. The van der Waals surface area contributed by atoms with Crippen LogP contribution >= 0.6 is 0 Å². The van der Waals surface area contributed by atoms with E-state index in [0.29, 0.717) is 18.9 Å². The van der Waals surface area contributed by atoms with Gasteiger partial charge in [0.1, 0.15) is 5.54 Å². The number of aliphatic carboxylic acids is 1. The lowest BCUT2D eigenvalue weighted by molar-refractivity contribution is -0.147. The van der Waals surface area contributed by atoms with Gasteiger partial charge < -0.3 is 14.9 Å². The number of amides is 2. The van der Waals surface area contributed by atoms with Crippen LogP contribution in [-0.4, -0.2) is 52.1 Å². The van der Waals surface area contributed by atoms with E-state index in [2.05, 4.69) is 6.92 Å². The molecule has 2 saturated heterocycles. The summed E-state index contributed by atoms with van der Waals surface area (Å²) in [5, 5.41) is 9.41. The van der Waals surface area contributed by atoms with Crippen LogP contribution < -0.4 is 0 Å². The van der Waals surface area contributed by atoms with Gasteiger partial charge in [-0.3, -0.25) is 0 Å². The number of hydrogen-bond donors (Lipinski definition) is 1. The van der Waals surface area contributed by atoms with Gasteiger partial charge in [-0.15, -0.1) is 0 Å². The second-order valence-electron chi connectivity index (χ2n) is 6.31. The van der Waals surface area contributed by atoms with Crippen molar-refractivity contribution in [2.24, 2.45) is 5.92 Å². The summed E-state index contributed by atoms with van der Waals surface area (Å²) in [6.45, 7) is 5.97. The highest BCUT2D eigenvalue weighted by Gasteiger charge is 2.47. The predicted molar refractivity (Wildman–Crippen MR) is 76.6 cm³/mol. The summed E-state index contributed by atoms with van der Waals surface area (Å²) in [5.41, 5.74) is -1.02. The largest absolute Gasteiger partial charge is 0.480 e. The Balaban J connectivity index is 2.05. The minimum atomic E-state index is -1.02. The smallest absolute Gasteiger partial charge is 0.329 e. The third-order valence-electron chi connectivity index (χ3n) is 5.03. The Hall–Kier alpha value is -1.26. The summed E-state index contributed by atoms with van der Waals surface area (Å²) in [4.78, 5) is 27.6. The molecule has 0 radical (unpaired) electrons. The van der Waals surface area contributed by atoms with Gasteiger partial charge in [0.05, 0.1) is 0 Å². The Bertz CT molecular complexity index is 385. The maximum absolute atomic E-state index is 12.7. The number of hydrogen-bond acceptors (Lipinski definition) is 2. The molecule has 0 aromatic carbocycles. The van der Waals surface area contributed by atoms with Gasteiger partial charge in [-0.1, -0.05) is 13.3 Å². The third kappa shape index (κ3) is 2.76. The zero-order chi connectivity index (χ0) is 14.8. The molecule has 0 bridgehead atoms. The molecule has 2 aliphatic rings. The van der Waals surface area contributed by atoms with Gasteiger partial charge in [0.2, 0.25) is 0 Å². The Labute approximate surface area is 120 Å². The monoisotopic (exact) mass is 282 g/mol. The van der Waals surface area contributed by atoms with Gasteiger partial charge in [0.15, 0.2) is 0 Å². The van der Waals surface area contributed by atoms with Crippen LogP contribution in [0.25, 0.3) is 0 Å². The maximum Gasteiger partial charge on any atom is 0.329 e. The van der Waals surface area contributed by atoms with Crippen molar-refractivity contribution >= 4 is 12.0 Å². The van der Waals surface area contributed by atoms with Gasteiger partial charge >= 0.3 is 12.0 Å². The standard InChI is InChI=1S/C15H26N2O3/c1-3-12-6-4-9-16(11-7-12)14(20)17-10-5-8-15(17,2)13(18)19/h12H,3-11H2,1-2H3,(H,18,19). The molecule has 0 spiro atoms. The molecular formula is C15H26N2O3. The lowest BCUT2D eigenvalue weighted by Gasteiger charge is -2.35. The summed E-state index contributed by atoms with van der Waals surface area (Å²) in [6.07, 6.45) is 5.75. The maximum atomic E-state index is 12.7. The second-order valence-corrected chi connectivity index (χ2v) is 6.31. The number of likely N-dealkylation sites (tertiary alicyclic amines) is 2. The molecular weight excluding hydrogens is 256 g/mol. The highest BCUT2D eigenvalue weighted by Crippen LogP contribution is 2.31. The highest BCUT2D eigenvalue weighted by molar-refractivity contribution is 5.86. The molecule has 0 aromatic heterocycles. The van der Waals surface area contributed by atoms with Crippen molar-refractivity contribution in [2.75, 3.05) is 19.6 Å². The fourth-order valence-electron chi connectivity index (χ4n) is 3.43. The van der Waals surface area contributed by atoms with Crippen molar-refractivity contribution in [1.29, 1.82) is 0 Å². The van der Waals surface area contributed by atoms with E-state index in [1.807, 2.05) is 4.90 Å². The molecule has 2 aliphatic heterocycles. The average Bonchev–Trinajstić information content (AvgIpc) is 2.68. The molecule has 0 aromatic rings. The van der Waals surface area contributed by atoms with Crippen molar-refractivity contribution in [1.82, 2.24) is 9.80 Å². The van der Waals surface area contributed by atoms with E-state index < -0.39 is 11.5 Å². The molecule has 1 N–H and O–H groups in total. The van der Waals surface area contributed by atoms with Crippen molar-refractivity contribution in [3.8, 4) is 0 Å². The van der Waals surface area contributed by atoms with E-state index in [1.165, 1.54) is 12.8 Å². The lowest BCUT2D eigenvalue weighted by Crippen LogP contribution is -2.55. The summed E-state index contributed by atoms with van der Waals surface area (Å²) in [5.74, 6) is -0.179. The lowest BCUT2D eigenvalue weighted by atomic mass is 9.98. The summed E-state index contributed by atoms with van der Waals surface area (Å²) in [7, 11) is 0. The molecule has 2 fully saturated rings. The molecule has 20 heavy (non-hydrogen) atoms. The highest BCUT2D eigenvalue weighted by atomic mass is 16.4. The van der Waals surface area contributed by atoms with Gasteiger partial charge in [-0.2, -0.15) is 0 Å². The molecule has 114 valence electrons. The molecule has 5 heteroatoms. The normalized spacial score (nSPS) is 31.2. The Kier molecular flexibility index (Phi) is 4.55. The van der Waals surface area contributed by atoms with Crippen molar-refractivity contribution in [3.63, 3.8) is 0 Å². The van der Waals surface area contributed by atoms with Crippen molar-refractivity contribution in [3.05, 3.63) is 0 Å². The summed E-state index contributed by atoms with van der Waals surface area (Å²) < 4.78 is 0. The van der Waals surface area contributed by atoms with Crippen molar-refractivity contribution in [2.45, 2.75) is 57.9 Å². The van der Waals surface area contributed by atoms with Crippen LogP contribution in [-0.2, 0) is 4.79 Å². The van der Waals surface area contributed by atoms with Crippen molar-refractivity contribution < 1.29 is 14.7 Å². The molecule has 2 amide bonds. The Morgan fingerprint density at radius 2 is 1.95 bits per heavy atom. The van der Waals surface area contributed by atoms with E-state index in [0.717, 1.165) is 32.4 Å². The van der Waals surface area contributed by atoms with Gasteiger partial charge in [0.25, 0.3) is 0 Å². The van der Waals surface area contributed by atoms with Gasteiger partial charge in [-0.05, 0) is 44.9 Å². The number of rotatable bonds is 2. The van der Waals surface area contributed by atoms with E-state index in [-0.39, 0.29) is 6.03 Å². The van der Waals surface area contributed by atoms with Crippen LogP contribution in [0.5, 0.6) is 0 Å². The van der Waals surface area contributed by atoms with Crippen LogP contribution in [0.2, 0.25) is 0 Å². The second kappa shape index (κ2) is 6.02. The molecule has 2 unspecified atom stereocenters. The van der Waals surface area contributed by atoms with Crippen LogP contribution in [0.1, 0.15) is 52.4 Å². The molecule has 2 rings (SSSR count). The minimum Gasteiger partial charge on any atom is -0.480 e.